The van der Waals surface area contributed by atoms with Gasteiger partial charge in [0.05, 0.1) is 16.7 Å². The predicted molar refractivity (Wildman–Crippen MR) is 163 cm³/mol. The molecule has 1 unspecified atom stereocenters. The quantitative estimate of drug-likeness (QED) is 0.239. The van der Waals surface area contributed by atoms with Gasteiger partial charge in [0.2, 0.25) is 0 Å². The van der Waals surface area contributed by atoms with Gasteiger partial charge in [-0.2, -0.15) is 5.26 Å². The maximum atomic E-state index is 14.8. The summed E-state index contributed by atoms with van der Waals surface area (Å²) in [7, 11) is 0. The average Bonchev–Trinajstić information content (AvgIpc) is 3.48. The van der Waals surface area contributed by atoms with Crippen molar-refractivity contribution in [2.24, 2.45) is 0 Å². The van der Waals surface area contributed by atoms with Gasteiger partial charge in [0.15, 0.2) is 0 Å². The van der Waals surface area contributed by atoms with Crippen LogP contribution in [0.1, 0.15) is 46.2 Å². The van der Waals surface area contributed by atoms with Crippen LogP contribution in [-0.4, -0.2) is 9.55 Å². The van der Waals surface area contributed by atoms with Crippen molar-refractivity contribution in [3.63, 3.8) is 0 Å². The van der Waals surface area contributed by atoms with E-state index in [1.54, 1.807) is 6.07 Å². The lowest BCUT2D eigenvalue weighted by atomic mass is 9.90. The van der Waals surface area contributed by atoms with Crippen molar-refractivity contribution in [2.75, 3.05) is 0 Å². The highest BCUT2D eigenvalue weighted by Crippen LogP contribution is 2.40. The number of benzene rings is 5. The summed E-state index contributed by atoms with van der Waals surface area (Å²) in [6.45, 7) is 8.35. The fourth-order valence-electron chi connectivity index (χ4n) is 6.52. The molecule has 0 fully saturated rings. The molecule has 1 atom stereocenters. The highest BCUT2D eigenvalue weighted by molar-refractivity contribution is 6.12. The van der Waals surface area contributed by atoms with Crippen LogP contribution in [-0.2, 0) is 0 Å². The third-order valence-electron chi connectivity index (χ3n) is 8.43. The molecule has 0 bridgehead atoms. The van der Waals surface area contributed by atoms with E-state index in [-0.39, 0.29) is 5.92 Å². The van der Waals surface area contributed by atoms with E-state index in [0.29, 0.717) is 5.69 Å². The lowest BCUT2D eigenvalue weighted by Crippen LogP contribution is -2.02. The molecule has 0 radical (unpaired) electrons. The molecule has 0 saturated heterocycles. The zero-order valence-electron chi connectivity index (χ0n) is 23.2. The Labute approximate surface area is 236 Å². The third-order valence-corrected chi connectivity index (χ3v) is 8.43. The number of aromatic amines is 1. The first-order valence-electron chi connectivity index (χ1n) is 13.7. The normalized spacial score (nSPS) is 12.5. The van der Waals surface area contributed by atoms with Gasteiger partial charge in [-0.1, -0.05) is 55.0 Å². The highest BCUT2D eigenvalue weighted by atomic mass is 19.1. The van der Waals surface area contributed by atoms with Gasteiger partial charge in [-0.15, -0.1) is 0 Å². The van der Waals surface area contributed by atoms with E-state index in [1.165, 1.54) is 34.0 Å². The minimum absolute atomic E-state index is 0.114. The summed E-state index contributed by atoms with van der Waals surface area (Å²) in [6, 6.07) is 27.7. The molecular weight excluding hydrogens is 512 g/mol. The lowest BCUT2D eigenvalue weighted by molar-refractivity contribution is 0.575. The Morgan fingerprint density at radius 2 is 1.37 bits per heavy atom. The van der Waals surface area contributed by atoms with Crippen molar-refractivity contribution in [1.82, 2.24) is 9.55 Å². The fourth-order valence-corrected chi connectivity index (χ4v) is 6.52. The molecule has 2 aromatic heterocycles. The molecule has 7 rings (SSSR count). The number of nitrogens with zero attached hydrogens (tertiary/aromatic N) is 2. The number of rotatable bonds is 3. The number of aryl methyl sites for hydroxylation is 3. The first-order valence-corrected chi connectivity index (χ1v) is 13.7. The zero-order valence-corrected chi connectivity index (χ0v) is 23.2. The number of fused-ring (bicyclic) bond motifs is 6. The third kappa shape index (κ3) is 3.75. The molecule has 0 spiro atoms. The number of nitrogens with one attached hydrogen (secondary N) is 1. The molecule has 5 heteroatoms. The van der Waals surface area contributed by atoms with E-state index < -0.39 is 17.2 Å². The first kappa shape index (κ1) is 25.0. The van der Waals surface area contributed by atoms with Crippen molar-refractivity contribution in [3.05, 3.63) is 124 Å². The Hall–Kier alpha value is -4.95. The van der Waals surface area contributed by atoms with Crippen LogP contribution in [0, 0.1) is 43.7 Å². The number of hydrogen-bond donors (Lipinski definition) is 1. The molecular formula is C36H27F2N3. The molecule has 0 aliphatic rings. The van der Waals surface area contributed by atoms with Crippen molar-refractivity contribution < 1.29 is 8.78 Å². The Kier molecular flexibility index (Phi) is 5.52. The number of nitriles is 1. The van der Waals surface area contributed by atoms with Crippen molar-refractivity contribution >= 4 is 43.6 Å². The topological polar surface area (TPSA) is 44.5 Å². The minimum Gasteiger partial charge on any atom is -0.355 e. The summed E-state index contributed by atoms with van der Waals surface area (Å²) >= 11 is 0. The van der Waals surface area contributed by atoms with E-state index in [4.69, 9.17) is 0 Å². The lowest BCUT2D eigenvalue weighted by Gasteiger charge is -2.16. The Morgan fingerprint density at radius 1 is 0.707 bits per heavy atom. The predicted octanol–water partition coefficient (Wildman–Crippen LogP) is 9.65. The van der Waals surface area contributed by atoms with Gasteiger partial charge in [-0.05, 0) is 79.4 Å². The maximum Gasteiger partial charge on any atom is 0.146 e. The Balaban J connectivity index is 1.46. The van der Waals surface area contributed by atoms with Crippen LogP contribution in [0.5, 0.6) is 0 Å². The van der Waals surface area contributed by atoms with Crippen molar-refractivity contribution in [1.29, 1.82) is 5.26 Å². The molecule has 0 amide bonds. The second kappa shape index (κ2) is 9.04. The summed E-state index contributed by atoms with van der Waals surface area (Å²) in [5.41, 5.74) is 9.35. The summed E-state index contributed by atoms with van der Waals surface area (Å²) in [5, 5.41) is 13.7. The van der Waals surface area contributed by atoms with Gasteiger partial charge >= 0.3 is 0 Å². The monoisotopic (exact) mass is 539 g/mol. The zero-order chi connectivity index (χ0) is 28.6. The molecule has 2 heterocycles. The van der Waals surface area contributed by atoms with Crippen molar-refractivity contribution in [2.45, 2.75) is 33.6 Å². The van der Waals surface area contributed by atoms with Crippen LogP contribution in [0.3, 0.4) is 0 Å². The molecule has 3 nitrogen and oxygen atoms in total. The molecule has 41 heavy (non-hydrogen) atoms. The minimum atomic E-state index is -0.863. The summed E-state index contributed by atoms with van der Waals surface area (Å²) in [4.78, 5) is 3.56. The molecule has 1 N–H and O–H groups in total. The summed E-state index contributed by atoms with van der Waals surface area (Å²) in [5.74, 6) is -1.61. The second-order valence-corrected chi connectivity index (χ2v) is 11.1. The van der Waals surface area contributed by atoms with Crippen LogP contribution in [0.2, 0.25) is 0 Å². The largest absolute Gasteiger partial charge is 0.355 e. The molecule has 0 aliphatic carbocycles. The number of H-pyrrole nitrogens is 1. The number of hydrogen-bond acceptors (Lipinski definition) is 1. The van der Waals surface area contributed by atoms with Crippen LogP contribution in [0.15, 0.2) is 78.9 Å². The number of aromatic nitrogens is 2. The molecule has 5 aromatic carbocycles. The number of para-hydroxylation sites is 1. The molecule has 0 saturated carbocycles. The summed E-state index contributed by atoms with van der Waals surface area (Å²) < 4.78 is 31.6. The van der Waals surface area contributed by atoms with Crippen LogP contribution in [0.25, 0.3) is 49.3 Å². The van der Waals surface area contributed by atoms with Gasteiger partial charge in [-0.3, -0.25) is 0 Å². The van der Waals surface area contributed by atoms with Gasteiger partial charge in [0.25, 0.3) is 0 Å². The highest BCUT2D eigenvalue weighted by Gasteiger charge is 2.21. The average molecular weight is 540 g/mol. The second-order valence-electron chi connectivity index (χ2n) is 11.1. The van der Waals surface area contributed by atoms with Crippen molar-refractivity contribution in [3.8, 4) is 11.8 Å². The smallest absolute Gasteiger partial charge is 0.146 e. The van der Waals surface area contributed by atoms with Gasteiger partial charge in [0.1, 0.15) is 23.3 Å². The SMILES string of the molecule is Cc1cc(C)c2c(c1)c1cc(C(C)c3ccc4c(c3)[nH]c3ccccc34)cc(C)c1n2-c1cc(F)c(C#N)c(F)c1. The Bertz CT molecular complexity index is 2220. The van der Waals surface area contributed by atoms with Gasteiger partial charge in [-0.25, -0.2) is 8.78 Å². The van der Waals surface area contributed by atoms with E-state index in [1.807, 2.05) is 24.5 Å². The standard InChI is InChI=1S/C36H27F2N3/c1-19-11-20(2)35-28(12-19)29-14-24(13-21(3)36(29)41(35)25-16-31(37)30(18-39)32(38)17-25)22(4)23-9-10-27-26-7-5-6-8-33(26)40-34(27)15-23/h5-17,22,40H,1-4H3. The first-order chi connectivity index (χ1) is 19.7. The van der Waals surface area contributed by atoms with E-state index in [9.17, 15) is 14.0 Å². The maximum absolute atomic E-state index is 14.8. The summed E-state index contributed by atoms with van der Waals surface area (Å²) in [6.07, 6.45) is 0. The fraction of sp³-hybridized carbons (Fsp3) is 0.139. The van der Waals surface area contributed by atoms with Gasteiger partial charge < -0.3 is 9.55 Å². The molecule has 200 valence electrons. The Morgan fingerprint density at radius 3 is 2.10 bits per heavy atom. The van der Waals surface area contributed by atoms with Crippen LogP contribution < -0.4 is 0 Å². The van der Waals surface area contributed by atoms with E-state index >= 15 is 0 Å². The number of halogens is 2. The molecule has 7 aromatic rings. The molecule has 0 aliphatic heterocycles. The van der Waals surface area contributed by atoms with E-state index in [2.05, 4.69) is 79.5 Å². The van der Waals surface area contributed by atoms with Crippen LogP contribution in [0.4, 0.5) is 8.78 Å². The van der Waals surface area contributed by atoms with Gasteiger partial charge in [0, 0.05) is 38.5 Å². The van der Waals surface area contributed by atoms with Crippen LogP contribution >= 0.6 is 0 Å². The van der Waals surface area contributed by atoms with E-state index in [0.717, 1.165) is 49.5 Å².